The fraction of sp³-hybridized carbons (Fsp3) is 0.526. The first-order valence-corrected chi connectivity index (χ1v) is 10.3. The summed E-state index contributed by atoms with van der Waals surface area (Å²) in [4.78, 5) is 0. The normalized spacial score (nSPS) is 22.8. The maximum Gasteiger partial charge on any atom is -0.147 e. The van der Waals surface area contributed by atoms with E-state index in [0.717, 1.165) is 0 Å². The zero-order valence-corrected chi connectivity index (χ0v) is 17.9. The topological polar surface area (TPSA) is 0 Å². The van der Waals surface area contributed by atoms with Crippen LogP contribution in [0.25, 0.3) is 0 Å². The first kappa shape index (κ1) is 22.1. The van der Waals surface area contributed by atoms with Crippen molar-refractivity contribution in [1.82, 2.24) is 0 Å². The van der Waals surface area contributed by atoms with Gasteiger partial charge in [-0.3, -0.25) is 0 Å². The van der Waals surface area contributed by atoms with Crippen molar-refractivity contribution >= 4 is 28.6 Å². The Morgan fingerprint density at radius 3 is 1.45 bits per heavy atom. The van der Waals surface area contributed by atoms with Gasteiger partial charge in [0.1, 0.15) is 0 Å². The summed E-state index contributed by atoms with van der Waals surface area (Å²) in [6.07, 6.45) is 12.4. The molecule has 0 radical (unpaired) electrons. The van der Waals surface area contributed by atoms with Gasteiger partial charge in [-0.25, -0.2) is 0 Å². The number of hydrogen-bond donors (Lipinski definition) is 0. The van der Waals surface area contributed by atoms with Crippen LogP contribution in [0.3, 0.4) is 0 Å². The molecule has 0 bridgehead atoms. The van der Waals surface area contributed by atoms with Crippen molar-refractivity contribution in [3.8, 4) is 0 Å². The molecule has 0 fully saturated rings. The Hall–Kier alpha value is 0.124. The third-order valence-corrected chi connectivity index (χ3v) is 9.72. The zero-order valence-electron chi connectivity index (χ0n) is 14.7. The summed E-state index contributed by atoms with van der Waals surface area (Å²) in [5.74, 6) is 1.32. The average Bonchev–Trinajstić information content (AvgIpc) is 2.94. The van der Waals surface area contributed by atoms with Crippen LogP contribution in [0.15, 0.2) is 43.2 Å². The minimum Gasteiger partial charge on any atom is -0.147 e. The van der Waals surface area contributed by atoms with Crippen LogP contribution >= 0.6 is 24.8 Å². The molecule has 0 amide bonds. The summed E-state index contributed by atoms with van der Waals surface area (Å²) in [7, 11) is 0. The van der Waals surface area contributed by atoms with Gasteiger partial charge in [-0.2, -0.15) is 0 Å². The van der Waals surface area contributed by atoms with E-state index in [0.29, 0.717) is 11.8 Å². The Bertz CT molecular complexity index is 514. The van der Waals surface area contributed by atoms with Crippen molar-refractivity contribution in [3.05, 3.63) is 43.2 Å². The molecule has 0 N–H and O–H groups in total. The van der Waals surface area contributed by atoms with Crippen molar-refractivity contribution in [1.29, 1.82) is 0 Å². The Kier molecular flexibility index (Phi) is 9.48. The van der Waals surface area contributed by atoms with E-state index < -0.39 is 17.4 Å². The van der Waals surface area contributed by atoms with Gasteiger partial charge in [-0.15, -0.1) is 24.8 Å². The van der Waals surface area contributed by atoms with Gasteiger partial charge in [0.05, 0.1) is 0 Å². The van der Waals surface area contributed by atoms with E-state index in [2.05, 4.69) is 65.8 Å². The van der Waals surface area contributed by atoms with Gasteiger partial charge in [0.15, 0.2) is 0 Å². The second-order valence-corrected chi connectivity index (χ2v) is 10.9. The van der Waals surface area contributed by atoms with Crippen LogP contribution in [0.2, 0.25) is 0 Å². The molecule has 3 heteroatoms. The van der Waals surface area contributed by atoms with Gasteiger partial charge in [0.2, 0.25) is 0 Å². The Morgan fingerprint density at radius 1 is 0.864 bits per heavy atom. The Balaban J connectivity index is 0.00000220. The summed E-state index contributed by atoms with van der Waals surface area (Å²) in [6.45, 7) is 14.1. The van der Waals surface area contributed by atoms with Crippen molar-refractivity contribution in [3.63, 3.8) is 0 Å². The quantitative estimate of drug-likeness (QED) is 0.498. The summed E-state index contributed by atoms with van der Waals surface area (Å²) in [5.41, 5.74) is 3.10. The predicted octanol–water partition coefficient (Wildman–Crippen LogP) is 6.40. The molecule has 0 aromatic carbocycles. The SMILES string of the molecule is CCC1=CC(C)[C]([Ti]([C]2=CC(CC)=CC2C)=[C](C)C)=C1.Cl.Cl. The molecule has 2 unspecified atom stereocenters. The molecule has 2 aliphatic carbocycles. The first-order chi connectivity index (χ1) is 9.47. The fourth-order valence-corrected chi connectivity index (χ4v) is 8.40. The van der Waals surface area contributed by atoms with Gasteiger partial charge in [0, 0.05) is 0 Å². The molecule has 0 nitrogen and oxygen atoms in total. The van der Waals surface area contributed by atoms with Crippen LogP contribution in [-0.4, -0.2) is 3.81 Å². The molecule has 2 rings (SSSR count). The maximum atomic E-state index is 2.53. The molecular formula is C19H30Cl2Ti. The minimum absolute atomic E-state index is 0. The monoisotopic (exact) mass is 376 g/mol. The number of allylic oxidation sites excluding steroid dienone is 8. The number of halogens is 2. The van der Waals surface area contributed by atoms with E-state index in [9.17, 15) is 0 Å². The number of rotatable bonds is 4. The first-order valence-electron chi connectivity index (χ1n) is 8.00. The molecule has 0 heterocycles. The zero-order chi connectivity index (χ0) is 14.9. The van der Waals surface area contributed by atoms with Crippen LogP contribution in [0, 0.1) is 11.8 Å². The summed E-state index contributed by atoms with van der Waals surface area (Å²) in [5, 5.41) is 0. The van der Waals surface area contributed by atoms with Gasteiger partial charge in [0.25, 0.3) is 0 Å². The molecule has 2 aliphatic rings. The van der Waals surface area contributed by atoms with Crippen LogP contribution in [-0.2, 0) is 17.4 Å². The van der Waals surface area contributed by atoms with Gasteiger partial charge in [-0.1, -0.05) is 0 Å². The molecule has 0 aromatic rings. The Labute approximate surface area is 155 Å². The largest absolute Gasteiger partial charge is 0.147 e. The molecular weight excluding hydrogens is 347 g/mol. The third-order valence-electron chi connectivity index (χ3n) is 4.48. The summed E-state index contributed by atoms with van der Waals surface area (Å²) < 4.78 is 5.23. The Morgan fingerprint density at radius 2 is 1.23 bits per heavy atom. The second kappa shape index (κ2) is 9.43. The van der Waals surface area contributed by atoms with E-state index >= 15 is 0 Å². The fourth-order valence-electron chi connectivity index (χ4n) is 3.36. The average molecular weight is 377 g/mol. The van der Waals surface area contributed by atoms with E-state index in [1.807, 2.05) is 0 Å². The summed E-state index contributed by atoms with van der Waals surface area (Å²) >= 11 is -1.42. The molecule has 0 aliphatic heterocycles. The van der Waals surface area contributed by atoms with Crippen LogP contribution in [0.1, 0.15) is 54.4 Å². The van der Waals surface area contributed by atoms with Gasteiger partial charge >= 0.3 is 131 Å². The van der Waals surface area contributed by atoms with Gasteiger partial charge in [-0.05, 0) is 0 Å². The van der Waals surface area contributed by atoms with Crippen LogP contribution < -0.4 is 0 Å². The molecule has 0 aromatic heterocycles. The van der Waals surface area contributed by atoms with Crippen molar-refractivity contribution in [2.24, 2.45) is 11.8 Å². The molecule has 2 atom stereocenters. The molecule has 22 heavy (non-hydrogen) atoms. The molecule has 0 saturated heterocycles. The van der Waals surface area contributed by atoms with E-state index in [1.165, 1.54) is 12.8 Å². The third kappa shape index (κ3) is 4.57. The maximum absolute atomic E-state index is 2.53. The smallest absolute Gasteiger partial charge is 0.147 e. The summed E-state index contributed by atoms with van der Waals surface area (Å²) in [6, 6.07) is 0. The molecule has 124 valence electrons. The van der Waals surface area contributed by atoms with E-state index in [-0.39, 0.29) is 24.8 Å². The second-order valence-electron chi connectivity index (χ2n) is 6.34. The number of hydrogen-bond acceptors (Lipinski definition) is 0. The van der Waals surface area contributed by atoms with Crippen LogP contribution in [0.5, 0.6) is 0 Å². The van der Waals surface area contributed by atoms with E-state index in [4.69, 9.17) is 0 Å². The minimum atomic E-state index is -1.42. The van der Waals surface area contributed by atoms with Crippen molar-refractivity contribution < 1.29 is 17.4 Å². The molecule has 0 spiro atoms. The van der Waals surface area contributed by atoms with E-state index in [1.54, 1.807) is 22.7 Å². The predicted molar refractivity (Wildman–Crippen MR) is 102 cm³/mol. The molecule has 0 saturated carbocycles. The standard InChI is InChI=1S/2C8H11.C3H6.2ClH.Ti/c2*1-3-8-5-4-7(2)6-8;1-3-2;;;/h2*5-7H,3H2,1-2H3;1-2H3;2*1H;. The van der Waals surface area contributed by atoms with Crippen molar-refractivity contribution in [2.75, 3.05) is 0 Å². The van der Waals surface area contributed by atoms with Crippen molar-refractivity contribution in [2.45, 2.75) is 54.4 Å². The van der Waals surface area contributed by atoms with Gasteiger partial charge < -0.3 is 0 Å². The van der Waals surface area contributed by atoms with Crippen LogP contribution in [0.4, 0.5) is 0 Å².